The molecular weight excluding hydrogens is 252 g/mol. The van der Waals surface area contributed by atoms with Crippen LogP contribution in [0.15, 0.2) is 18.2 Å². The normalized spacial score (nSPS) is 11.8. The smallest absolute Gasteiger partial charge is 0.0713 e. The van der Waals surface area contributed by atoms with Gasteiger partial charge in [0.2, 0.25) is 0 Å². The Kier molecular flexibility index (Phi) is 4.72. The standard InChI is InChI=1S/C11H14Cl3N/c1-11(2,6-15-7-12)8-3-4-9(13)10(14)5-8/h3-5,15H,6-7H2,1-2H3. The van der Waals surface area contributed by atoms with Crippen LogP contribution in [0.3, 0.4) is 0 Å². The molecule has 0 fully saturated rings. The molecule has 0 unspecified atom stereocenters. The van der Waals surface area contributed by atoms with E-state index in [1.807, 2.05) is 18.2 Å². The van der Waals surface area contributed by atoms with Gasteiger partial charge in [-0.1, -0.05) is 43.1 Å². The summed E-state index contributed by atoms with van der Waals surface area (Å²) in [5, 5.41) is 4.29. The molecule has 1 aromatic rings. The molecule has 0 saturated carbocycles. The summed E-state index contributed by atoms with van der Waals surface area (Å²) in [6.45, 7) is 5.06. The Bertz CT molecular complexity index is 337. The lowest BCUT2D eigenvalue weighted by Crippen LogP contribution is -2.32. The van der Waals surface area contributed by atoms with Crippen LogP contribution in [0.5, 0.6) is 0 Å². The molecule has 0 heterocycles. The van der Waals surface area contributed by atoms with Crippen molar-refractivity contribution in [2.45, 2.75) is 19.3 Å². The van der Waals surface area contributed by atoms with Gasteiger partial charge in [0.25, 0.3) is 0 Å². The molecule has 1 rings (SSSR count). The van der Waals surface area contributed by atoms with Crippen molar-refractivity contribution in [3.05, 3.63) is 33.8 Å². The van der Waals surface area contributed by atoms with Gasteiger partial charge in [0.15, 0.2) is 0 Å². The first kappa shape index (κ1) is 13.1. The van der Waals surface area contributed by atoms with E-state index in [2.05, 4.69) is 19.2 Å². The SMILES string of the molecule is CC(C)(CNCCl)c1ccc(Cl)c(Cl)c1. The van der Waals surface area contributed by atoms with Crippen molar-refractivity contribution in [2.75, 3.05) is 12.5 Å². The Hall–Kier alpha value is 0.0500. The summed E-state index contributed by atoms with van der Waals surface area (Å²) in [5.74, 6) is 0. The van der Waals surface area contributed by atoms with E-state index in [9.17, 15) is 0 Å². The Morgan fingerprint density at radius 3 is 2.40 bits per heavy atom. The third-order valence-electron chi connectivity index (χ3n) is 2.36. The molecule has 0 aliphatic carbocycles. The second-order valence-electron chi connectivity index (χ2n) is 4.07. The molecule has 15 heavy (non-hydrogen) atoms. The van der Waals surface area contributed by atoms with Crippen LogP contribution >= 0.6 is 34.8 Å². The average Bonchev–Trinajstić information content (AvgIpc) is 2.19. The molecular formula is C11H14Cl3N. The minimum atomic E-state index is -0.0108. The number of rotatable bonds is 4. The van der Waals surface area contributed by atoms with Gasteiger partial charge in [0.05, 0.1) is 16.0 Å². The second kappa shape index (κ2) is 5.40. The zero-order valence-electron chi connectivity index (χ0n) is 8.78. The van der Waals surface area contributed by atoms with Gasteiger partial charge in [0, 0.05) is 12.0 Å². The van der Waals surface area contributed by atoms with Crippen LogP contribution in [0.25, 0.3) is 0 Å². The quantitative estimate of drug-likeness (QED) is 0.640. The molecule has 1 N–H and O–H groups in total. The number of hydrogen-bond acceptors (Lipinski definition) is 1. The molecule has 1 aromatic carbocycles. The van der Waals surface area contributed by atoms with E-state index < -0.39 is 0 Å². The fraction of sp³-hybridized carbons (Fsp3) is 0.455. The van der Waals surface area contributed by atoms with Gasteiger partial charge < -0.3 is 5.32 Å². The summed E-state index contributed by atoms with van der Waals surface area (Å²) in [6.07, 6.45) is 0. The Morgan fingerprint density at radius 1 is 1.20 bits per heavy atom. The van der Waals surface area contributed by atoms with Crippen molar-refractivity contribution in [1.82, 2.24) is 5.32 Å². The molecule has 0 atom stereocenters. The van der Waals surface area contributed by atoms with Crippen LogP contribution in [0.1, 0.15) is 19.4 Å². The van der Waals surface area contributed by atoms with Gasteiger partial charge in [-0.15, -0.1) is 11.6 Å². The molecule has 0 radical (unpaired) electrons. The number of alkyl halides is 1. The summed E-state index contributed by atoms with van der Waals surface area (Å²) in [7, 11) is 0. The maximum atomic E-state index is 5.98. The van der Waals surface area contributed by atoms with E-state index in [0.717, 1.165) is 12.1 Å². The van der Waals surface area contributed by atoms with Gasteiger partial charge in [-0.2, -0.15) is 0 Å². The highest BCUT2D eigenvalue weighted by atomic mass is 35.5. The van der Waals surface area contributed by atoms with Gasteiger partial charge in [0.1, 0.15) is 0 Å². The van der Waals surface area contributed by atoms with Crippen LogP contribution in [-0.2, 0) is 5.41 Å². The van der Waals surface area contributed by atoms with Crippen molar-refractivity contribution in [1.29, 1.82) is 0 Å². The van der Waals surface area contributed by atoms with E-state index >= 15 is 0 Å². The maximum absolute atomic E-state index is 5.98. The second-order valence-corrected chi connectivity index (χ2v) is 5.15. The summed E-state index contributed by atoms with van der Waals surface area (Å²) in [4.78, 5) is 0. The third kappa shape index (κ3) is 3.53. The Labute approximate surface area is 106 Å². The summed E-state index contributed by atoms with van der Waals surface area (Å²) in [6, 6.07) is 6.16. The van der Waals surface area contributed by atoms with Gasteiger partial charge in [-0.05, 0) is 17.7 Å². The molecule has 0 amide bonds. The molecule has 0 spiro atoms. The molecule has 0 bridgehead atoms. The molecule has 0 aliphatic heterocycles. The topological polar surface area (TPSA) is 12.0 Å². The number of benzene rings is 1. The zero-order chi connectivity index (χ0) is 11.5. The first-order valence-electron chi connectivity index (χ1n) is 4.69. The molecule has 4 heteroatoms. The zero-order valence-corrected chi connectivity index (χ0v) is 11.0. The number of halogens is 3. The first-order valence-corrected chi connectivity index (χ1v) is 5.98. The van der Waals surface area contributed by atoms with Crippen LogP contribution in [-0.4, -0.2) is 12.5 Å². The lowest BCUT2D eigenvalue weighted by molar-refractivity contribution is 0.489. The molecule has 1 nitrogen and oxygen atoms in total. The van der Waals surface area contributed by atoms with Crippen molar-refractivity contribution in [3.8, 4) is 0 Å². The third-order valence-corrected chi connectivity index (χ3v) is 3.29. The van der Waals surface area contributed by atoms with E-state index in [4.69, 9.17) is 34.8 Å². The van der Waals surface area contributed by atoms with E-state index in [-0.39, 0.29) is 5.41 Å². The van der Waals surface area contributed by atoms with Crippen molar-refractivity contribution < 1.29 is 0 Å². The van der Waals surface area contributed by atoms with Crippen LogP contribution in [0.4, 0.5) is 0 Å². The fourth-order valence-electron chi connectivity index (χ4n) is 1.38. The van der Waals surface area contributed by atoms with Crippen LogP contribution in [0, 0.1) is 0 Å². The largest absolute Gasteiger partial charge is 0.303 e. The number of nitrogens with one attached hydrogen (secondary N) is 1. The fourth-order valence-corrected chi connectivity index (χ4v) is 1.77. The van der Waals surface area contributed by atoms with E-state index in [0.29, 0.717) is 16.0 Å². The highest BCUT2D eigenvalue weighted by molar-refractivity contribution is 6.42. The minimum absolute atomic E-state index is 0.0108. The summed E-state index contributed by atoms with van der Waals surface area (Å²) in [5.41, 5.74) is 1.14. The first-order chi connectivity index (χ1) is 6.97. The van der Waals surface area contributed by atoms with Crippen molar-refractivity contribution >= 4 is 34.8 Å². The van der Waals surface area contributed by atoms with Crippen molar-refractivity contribution in [2.24, 2.45) is 0 Å². The maximum Gasteiger partial charge on any atom is 0.0713 e. The lowest BCUT2D eigenvalue weighted by atomic mass is 9.85. The highest BCUT2D eigenvalue weighted by Crippen LogP contribution is 2.29. The molecule has 84 valence electrons. The van der Waals surface area contributed by atoms with Crippen LogP contribution in [0.2, 0.25) is 10.0 Å². The predicted octanol–water partition coefficient (Wildman–Crippen LogP) is 4.06. The van der Waals surface area contributed by atoms with Crippen LogP contribution < -0.4 is 5.32 Å². The van der Waals surface area contributed by atoms with Crippen molar-refractivity contribution in [3.63, 3.8) is 0 Å². The Balaban J connectivity index is 2.89. The number of hydrogen-bond donors (Lipinski definition) is 1. The van der Waals surface area contributed by atoms with Gasteiger partial charge in [-0.3, -0.25) is 0 Å². The van der Waals surface area contributed by atoms with E-state index in [1.165, 1.54) is 0 Å². The predicted molar refractivity (Wildman–Crippen MR) is 68.2 cm³/mol. The molecule has 0 aliphatic rings. The highest BCUT2D eigenvalue weighted by Gasteiger charge is 2.20. The van der Waals surface area contributed by atoms with E-state index in [1.54, 1.807) is 0 Å². The lowest BCUT2D eigenvalue weighted by Gasteiger charge is -2.25. The summed E-state index contributed by atoms with van der Waals surface area (Å²) < 4.78 is 0. The van der Waals surface area contributed by atoms with Gasteiger partial charge >= 0.3 is 0 Å². The molecule has 0 aromatic heterocycles. The molecule has 0 saturated heterocycles. The van der Waals surface area contributed by atoms with Gasteiger partial charge in [-0.25, -0.2) is 0 Å². The monoisotopic (exact) mass is 265 g/mol. The minimum Gasteiger partial charge on any atom is -0.303 e. The Morgan fingerprint density at radius 2 is 1.87 bits per heavy atom. The summed E-state index contributed by atoms with van der Waals surface area (Å²) >= 11 is 17.4. The average molecular weight is 267 g/mol.